The van der Waals surface area contributed by atoms with Gasteiger partial charge in [-0.1, -0.05) is 18.2 Å². The van der Waals surface area contributed by atoms with Crippen molar-refractivity contribution in [3.05, 3.63) is 64.7 Å². The highest BCUT2D eigenvalue weighted by atomic mass is 19.4. The van der Waals surface area contributed by atoms with Crippen LogP contribution in [-0.2, 0) is 15.8 Å². The van der Waals surface area contributed by atoms with E-state index in [1.807, 2.05) is 37.8 Å². The van der Waals surface area contributed by atoms with Crippen LogP contribution in [-0.4, -0.2) is 71.3 Å². The summed E-state index contributed by atoms with van der Waals surface area (Å²) < 4.78 is 63.6. The summed E-state index contributed by atoms with van der Waals surface area (Å²) in [6, 6.07) is 11.1. The second-order valence-electron chi connectivity index (χ2n) is 14.0. The maximum Gasteiger partial charge on any atom is 0.416 e. The Morgan fingerprint density at radius 2 is 1.49 bits per heavy atom. The molecule has 0 spiro atoms. The highest BCUT2D eigenvalue weighted by Crippen LogP contribution is 2.46. The average molecular weight is 633 g/mol. The molecule has 2 heterocycles. The Kier molecular flexibility index (Phi) is 9.28. The fraction of sp³-hybridized carbons (Fsp3) is 0.600. The smallest absolute Gasteiger partial charge is 0.416 e. The zero-order valence-corrected chi connectivity index (χ0v) is 26.5. The normalized spacial score (nSPS) is 27.0. The minimum atomic E-state index is -4.49. The minimum absolute atomic E-state index is 0.0198. The zero-order valence-electron chi connectivity index (χ0n) is 26.5. The first-order valence-electron chi connectivity index (χ1n) is 15.9. The first kappa shape index (κ1) is 33.2. The van der Waals surface area contributed by atoms with E-state index < -0.39 is 41.1 Å². The number of rotatable bonds is 6. The topological polar surface area (TPSA) is 70.1 Å². The number of carbonyl (C=O) groups excluding carboxylic acids is 1. The van der Waals surface area contributed by atoms with Crippen LogP contribution in [0.3, 0.4) is 0 Å². The Labute approximate surface area is 262 Å². The summed E-state index contributed by atoms with van der Waals surface area (Å²) >= 11 is 0. The summed E-state index contributed by atoms with van der Waals surface area (Å²) in [7, 11) is 1.57. The van der Waals surface area contributed by atoms with Gasteiger partial charge >= 0.3 is 12.1 Å². The number of ether oxygens (including phenoxy) is 1. The van der Waals surface area contributed by atoms with Gasteiger partial charge in [0.2, 0.25) is 5.67 Å². The van der Waals surface area contributed by atoms with Crippen molar-refractivity contribution in [1.29, 1.82) is 0 Å². The largest absolute Gasteiger partial charge is 0.497 e. The maximum absolute atomic E-state index is 17.2. The Morgan fingerprint density at radius 3 is 2.02 bits per heavy atom. The second-order valence-corrected chi connectivity index (χ2v) is 14.0. The number of carbonyl (C=O) groups is 2. The van der Waals surface area contributed by atoms with Gasteiger partial charge in [0.05, 0.1) is 18.6 Å². The molecule has 5 rings (SSSR count). The van der Waals surface area contributed by atoms with Gasteiger partial charge in [0, 0.05) is 37.6 Å². The Morgan fingerprint density at radius 1 is 0.889 bits per heavy atom. The molecule has 0 bridgehead atoms. The van der Waals surface area contributed by atoms with Crippen LogP contribution in [0.15, 0.2) is 42.5 Å². The van der Waals surface area contributed by atoms with E-state index >= 15 is 4.39 Å². The van der Waals surface area contributed by atoms with Crippen molar-refractivity contribution in [3.63, 3.8) is 0 Å². The van der Waals surface area contributed by atoms with E-state index in [9.17, 15) is 27.9 Å². The van der Waals surface area contributed by atoms with E-state index in [0.717, 1.165) is 17.2 Å². The molecular weight excluding hydrogens is 588 g/mol. The zero-order chi connectivity index (χ0) is 32.7. The summed E-state index contributed by atoms with van der Waals surface area (Å²) in [5.74, 6) is -2.10. The van der Waals surface area contributed by atoms with Gasteiger partial charge in [0.25, 0.3) is 5.91 Å². The van der Waals surface area contributed by atoms with Crippen LogP contribution < -0.4 is 4.74 Å². The van der Waals surface area contributed by atoms with Crippen LogP contribution in [0.1, 0.15) is 99.3 Å². The average Bonchev–Trinajstić information content (AvgIpc) is 3.39. The lowest BCUT2D eigenvalue weighted by atomic mass is 9.74. The predicted molar refractivity (Wildman–Crippen MR) is 163 cm³/mol. The van der Waals surface area contributed by atoms with Crippen LogP contribution in [0, 0.1) is 5.92 Å². The maximum atomic E-state index is 17.2. The van der Waals surface area contributed by atoms with Gasteiger partial charge in [0.1, 0.15) is 5.75 Å². The molecule has 2 aromatic rings. The van der Waals surface area contributed by atoms with Crippen molar-refractivity contribution in [2.45, 2.75) is 94.4 Å². The molecule has 6 nitrogen and oxygen atoms in total. The molecular formula is C35H44F4N2O4. The molecule has 2 aliphatic heterocycles. The summed E-state index contributed by atoms with van der Waals surface area (Å²) in [5, 5.41) is 9.41. The van der Waals surface area contributed by atoms with Crippen LogP contribution >= 0.6 is 0 Å². The molecule has 10 heteroatoms. The lowest BCUT2D eigenvalue weighted by Gasteiger charge is -2.38. The van der Waals surface area contributed by atoms with Gasteiger partial charge in [-0.3, -0.25) is 14.5 Å². The van der Waals surface area contributed by atoms with Gasteiger partial charge in [-0.25, -0.2) is 4.39 Å². The van der Waals surface area contributed by atoms with E-state index in [4.69, 9.17) is 4.74 Å². The van der Waals surface area contributed by atoms with E-state index in [2.05, 4.69) is 0 Å². The van der Waals surface area contributed by atoms with Crippen molar-refractivity contribution < 1.29 is 37.0 Å². The van der Waals surface area contributed by atoms with Crippen molar-refractivity contribution in [3.8, 4) is 5.75 Å². The third kappa shape index (κ3) is 6.86. The SMILES string of the molecule is COc1ccc([C@@H]2CN(C(C)(C)C)C[C@@]2(F)C(=O)N2CCC(c3ccc(C(F)(F)F)cc3C3CCC(C(=O)O)CC3)CC2)cc1. The molecule has 1 amide bonds. The number of hydrogen-bond acceptors (Lipinski definition) is 4. The molecule has 0 aromatic heterocycles. The number of halogens is 4. The van der Waals surface area contributed by atoms with Gasteiger partial charge in [-0.15, -0.1) is 0 Å². The van der Waals surface area contributed by atoms with Gasteiger partial charge < -0.3 is 14.7 Å². The van der Waals surface area contributed by atoms with Crippen LogP contribution in [0.25, 0.3) is 0 Å². The molecule has 0 radical (unpaired) electrons. The van der Waals surface area contributed by atoms with Crippen LogP contribution in [0.2, 0.25) is 0 Å². The second kappa shape index (κ2) is 12.6. The lowest BCUT2D eigenvalue weighted by molar-refractivity contribution is -0.145. The van der Waals surface area contributed by atoms with Crippen molar-refractivity contribution in [2.24, 2.45) is 5.92 Å². The third-order valence-electron chi connectivity index (χ3n) is 10.4. The number of carboxylic acid groups (broad SMARTS) is 1. The van der Waals surface area contributed by atoms with Gasteiger partial charge in [0.15, 0.2) is 0 Å². The number of nitrogens with zero attached hydrogens (tertiary/aromatic N) is 2. The quantitative estimate of drug-likeness (QED) is 0.337. The third-order valence-corrected chi connectivity index (χ3v) is 10.4. The molecule has 246 valence electrons. The highest BCUT2D eigenvalue weighted by molar-refractivity contribution is 5.87. The number of likely N-dealkylation sites (tertiary alicyclic amines) is 2. The molecule has 2 saturated heterocycles. The molecule has 3 aliphatic rings. The summed E-state index contributed by atoms with van der Waals surface area (Å²) in [5.41, 5.74) is -0.967. The monoisotopic (exact) mass is 632 g/mol. The van der Waals surface area contributed by atoms with Crippen LogP contribution in [0.5, 0.6) is 5.75 Å². The van der Waals surface area contributed by atoms with Gasteiger partial charge in [-0.05, 0) is 112 Å². The van der Waals surface area contributed by atoms with E-state index in [1.165, 1.54) is 6.07 Å². The highest BCUT2D eigenvalue weighted by Gasteiger charge is 2.57. The van der Waals surface area contributed by atoms with Gasteiger partial charge in [-0.2, -0.15) is 13.2 Å². The van der Waals surface area contributed by atoms with E-state index in [1.54, 1.807) is 30.2 Å². The van der Waals surface area contributed by atoms with E-state index in [0.29, 0.717) is 69.5 Å². The van der Waals surface area contributed by atoms with Crippen molar-refractivity contribution >= 4 is 11.9 Å². The molecule has 45 heavy (non-hydrogen) atoms. The number of hydrogen-bond donors (Lipinski definition) is 1. The summed E-state index contributed by atoms with van der Waals surface area (Å²) in [4.78, 5) is 29.1. The molecule has 2 aromatic carbocycles. The Balaban J connectivity index is 1.35. The summed E-state index contributed by atoms with van der Waals surface area (Å²) in [6.07, 6.45) is -1.56. The summed E-state index contributed by atoms with van der Waals surface area (Å²) in [6.45, 7) is 7.03. The first-order chi connectivity index (χ1) is 21.1. The lowest BCUT2D eigenvalue weighted by Crippen LogP contribution is -2.53. The molecule has 3 fully saturated rings. The van der Waals surface area contributed by atoms with Crippen molar-refractivity contribution in [2.75, 3.05) is 33.3 Å². The fourth-order valence-corrected chi connectivity index (χ4v) is 7.54. The number of piperidine rings is 1. The Bertz CT molecular complexity index is 1370. The fourth-order valence-electron chi connectivity index (χ4n) is 7.54. The molecule has 1 saturated carbocycles. The molecule has 1 N–H and O–H groups in total. The van der Waals surface area contributed by atoms with Crippen LogP contribution in [0.4, 0.5) is 17.6 Å². The van der Waals surface area contributed by atoms with Crippen molar-refractivity contribution in [1.82, 2.24) is 9.80 Å². The Hall–Kier alpha value is -3.14. The number of aliphatic carboxylic acids is 1. The molecule has 0 unspecified atom stereocenters. The minimum Gasteiger partial charge on any atom is -0.497 e. The standard InChI is InChI=1S/C35H44F4N2O4/c1-33(2,3)41-20-30(24-9-12-27(45-4)13-10-24)34(36,21-41)32(44)40-17-15-23(16-18-40)28-14-11-26(35(37,38)39)19-29(28)22-5-7-25(8-6-22)31(42)43/h9-14,19,22-23,25,30H,5-8,15-18,20-21H2,1-4H3,(H,42,43)/t22?,25?,30-,34-/m0/s1. The molecule has 2 atom stereocenters. The number of alkyl halides is 4. The number of amides is 1. The first-order valence-corrected chi connectivity index (χ1v) is 15.9. The molecule has 1 aliphatic carbocycles. The predicted octanol–water partition coefficient (Wildman–Crippen LogP) is 7.38. The number of methoxy groups -OCH3 is 1. The van der Waals surface area contributed by atoms with E-state index in [-0.39, 0.29) is 23.9 Å². The number of carboxylic acids is 1. The number of benzene rings is 2.